The van der Waals surface area contributed by atoms with Crippen LogP contribution in [-0.4, -0.2) is 16.1 Å². The number of anilines is 2. The van der Waals surface area contributed by atoms with Gasteiger partial charge in [-0.25, -0.2) is 9.78 Å². The Hall–Kier alpha value is -2.56. The summed E-state index contributed by atoms with van der Waals surface area (Å²) in [6, 6.07) is 9.47. The van der Waals surface area contributed by atoms with Crippen LogP contribution in [0.5, 0.6) is 0 Å². The van der Waals surface area contributed by atoms with E-state index in [1.807, 2.05) is 18.2 Å². The van der Waals surface area contributed by atoms with Crippen LogP contribution < -0.4 is 11.1 Å². The highest BCUT2D eigenvalue weighted by atomic mass is 16.4. The largest absolute Gasteiger partial charge is 0.478 e. The number of rotatable bonds is 5. The number of benzene rings is 1. The lowest BCUT2D eigenvalue weighted by Gasteiger charge is -2.12. The van der Waals surface area contributed by atoms with Crippen molar-refractivity contribution in [1.82, 2.24) is 4.98 Å². The second-order valence-corrected chi connectivity index (χ2v) is 4.40. The minimum Gasteiger partial charge on any atom is -0.478 e. The van der Waals surface area contributed by atoms with Gasteiger partial charge in [0.2, 0.25) is 0 Å². The number of hydrogen-bond acceptors (Lipinski definition) is 4. The molecule has 1 aromatic carbocycles. The molecular weight excluding hydrogens is 254 g/mol. The van der Waals surface area contributed by atoms with Crippen LogP contribution in [0.1, 0.15) is 28.4 Å². The van der Waals surface area contributed by atoms with Crippen molar-refractivity contribution in [2.24, 2.45) is 0 Å². The molecule has 4 N–H and O–H groups in total. The van der Waals surface area contributed by atoms with E-state index in [1.165, 1.54) is 17.8 Å². The number of aromatic carboxylic acids is 1. The molecule has 5 nitrogen and oxygen atoms in total. The van der Waals surface area contributed by atoms with Gasteiger partial charge in [0.05, 0.1) is 11.3 Å². The number of hydrogen-bond donors (Lipinski definition) is 3. The number of nitrogen functional groups attached to an aromatic ring is 1. The third-order valence-corrected chi connectivity index (χ3v) is 3.17. The second-order valence-electron chi connectivity index (χ2n) is 4.40. The maximum Gasteiger partial charge on any atom is 0.337 e. The van der Waals surface area contributed by atoms with Crippen molar-refractivity contribution in [3.63, 3.8) is 0 Å². The summed E-state index contributed by atoms with van der Waals surface area (Å²) in [4.78, 5) is 15.1. The Morgan fingerprint density at radius 3 is 2.65 bits per heavy atom. The smallest absolute Gasteiger partial charge is 0.337 e. The van der Waals surface area contributed by atoms with Gasteiger partial charge in [0.1, 0.15) is 5.82 Å². The Bertz CT molecular complexity index is 626. The zero-order valence-corrected chi connectivity index (χ0v) is 11.3. The first-order valence-corrected chi connectivity index (χ1v) is 6.42. The molecule has 0 saturated heterocycles. The van der Waals surface area contributed by atoms with Gasteiger partial charge in [-0.05, 0) is 23.6 Å². The lowest BCUT2D eigenvalue weighted by molar-refractivity contribution is 0.0698. The molecule has 2 aromatic rings. The molecule has 0 atom stereocenters. The average molecular weight is 271 g/mol. The highest BCUT2D eigenvalue weighted by Gasteiger charge is 2.12. The Balaban J connectivity index is 2.19. The van der Waals surface area contributed by atoms with E-state index >= 15 is 0 Å². The maximum atomic E-state index is 11.0. The lowest BCUT2D eigenvalue weighted by atomic mass is 10.1. The molecule has 0 radical (unpaired) electrons. The summed E-state index contributed by atoms with van der Waals surface area (Å²) >= 11 is 0. The summed E-state index contributed by atoms with van der Waals surface area (Å²) in [6.07, 6.45) is 2.38. The number of nitrogens with two attached hydrogens (primary N) is 1. The van der Waals surface area contributed by atoms with Crippen LogP contribution in [0, 0.1) is 0 Å². The Morgan fingerprint density at radius 1 is 1.30 bits per heavy atom. The predicted octanol–water partition coefficient (Wildman–Crippen LogP) is 2.54. The number of nitrogens with zero attached hydrogens (tertiary/aromatic N) is 1. The average Bonchev–Trinajstić information content (AvgIpc) is 2.46. The third-order valence-electron chi connectivity index (χ3n) is 3.17. The van der Waals surface area contributed by atoms with Crippen molar-refractivity contribution in [2.75, 3.05) is 11.1 Å². The highest BCUT2D eigenvalue weighted by molar-refractivity contribution is 5.96. The number of pyridine rings is 1. The Labute approximate surface area is 117 Å². The molecule has 1 aromatic heterocycles. The van der Waals surface area contributed by atoms with Gasteiger partial charge in [-0.2, -0.15) is 0 Å². The lowest BCUT2D eigenvalue weighted by Crippen LogP contribution is -2.10. The molecule has 0 spiro atoms. The molecule has 0 saturated carbocycles. The number of carboxylic acids is 1. The van der Waals surface area contributed by atoms with E-state index in [2.05, 4.69) is 23.3 Å². The number of carbonyl (C=O) groups is 1. The molecule has 0 unspecified atom stereocenters. The van der Waals surface area contributed by atoms with Crippen LogP contribution in [0.2, 0.25) is 0 Å². The van der Waals surface area contributed by atoms with Crippen LogP contribution in [0.15, 0.2) is 36.5 Å². The number of carboxylic acid groups (broad SMARTS) is 1. The zero-order valence-electron chi connectivity index (χ0n) is 11.3. The zero-order chi connectivity index (χ0) is 14.5. The van der Waals surface area contributed by atoms with Crippen molar-refractivity contribution in [1.29, 1.82) is 0 Å². The Kier molecular flexibility index (Phi) is 4.20. The van der Waals surface area contributed by atoms with Crippen molar-refractivity contribution in [3.05, 3.63) is 53.2 Å². The molecule has 1 heterocycles. The van der Waals surface area contributed by atoms with E-state index < -0.39 is 5.97 Å². The molecule has 0 bridgehead atoms. The van der Waals surface area contributed by atoms with Gasteiger partial charge in [0, 0.05) is 12.7 Å². The summed E-state index contributed by atoms with van der Waals surface area (Å²) in [5.74, 6) is -0.655. The van der Waals surface area contributed by atoms with Gasteiger partial charge in [-0.3, -0.25) is 0 Å². The maximum absolute atomic E-state index is 11.0. The SMILES string of the molecule is CCc1ccccc1CNc1nccc(C(=O)O)c1N. The standard InChI is InChI=1S/C15H17N3O2/c1-2-10-5-3-4-6-11(10)9-18-14-13(16)12(15(19)20)7-8-17-14/h3-8H,2,9,16H2,1H3,(H,17,18)(H,19,20). The van der Waals surface area contributed by atoms with Crippen molar-refractivity contribution >= 4 is 17.5 Å². The molecular formula is C15H17N3O2. The molecule has 104 valence electrons. The van der Waals surface area contributed by atoms with Gasteiger partial charge in [-0.15, -0.1) is 0 Å². The van der Waals surface area contributed by atoms with Crippen molar-refractivity contribution in [3.8, 4) is 0 Å². The summed E-state index contributed by atoms with van der Waals surface area (Å²) in [5.41, 5.74) is 8.43. The summed E-state index contributed by atoms with van der Waals surface area (Å²) in [6.45, 7) is 2.65. The fraction of sp³-hybridized carbons (Fsp3) is 0.200. The number of nitrogens with one attached hydrogen (secondary N) is 1. The van der Waals surface area contributed by atoms with E-state index in [4.69, 9.17) is 10.8 Å². The van der Waals surface area contributed by atoms with Gasteiger partial charge >= 0.3 is 5.97 Å². The van der Waals surface area contributed by atoms with E-state index in [0.29, 0.717) is 12.4 Å². The quantitative estimate of drug-likeness (QED) is 0.777. The topological polar surface area (TPSA) is 88.2 Å². The summed E-state index contributed by atoms with van der Waals surface area (Å²) in [7, 11) is 0. The van der Waals surface area contributed by atoms with Gasteiger partial charge in [-0.1, -0.05) is 31.2 Å². The van der Waals surface area contributed by atoms with Crippen LogP contribution >= 0.6 is 0 Å². The molecule has 0 aliphatic rings. The number of aromatic nitrogens is 1. The first-order valence-electron chi connectivity index (χ1n) is 6.42. The number of aryl methyl sites for hydroxylation is 1. The fourth-order valence-electron chi connectivity index (χ4n) is 2.05. The minimum absolute atomic E-state index is 0.0614. The second kappa shape index (κ2) is 6.06. The molecule has 5 heteroatoms. The van der Waals surface area contributed by atoms with E-state index in [9.17, 15) is 4.79 Å². The van der Waals surface area contributed by atoms with Crippen molar-refractivity contribution in [2.45, 2.75) is 19.9 Å². The van der Waals surface area contributed by atoms with Gasteiger partial charge < -0.3 is 16.2 Å². The third kappa shape index (κ3) is 2.88. The molecule has 2 rings (SSSR count). The molecule has 0 amide bonds. The molecule has 0 fully saturated rings. The van der Waals surface area contributed by atoms with Crippen molar-refractivity contribution < 1.29 is 9.90 Å². The van der Waals surface area contributed by atoms with E-state index in [-0.39, 0.29) is 11.3 Å². The highest BCUT2D eigenvalue weighted by Crippen LogP contribution is 2.21. The Morgan fingerprint density at radius 2 is 2.00 bits per heavy atom. The van der Waals surface area contributed by atoms with E-state index in [0.717, 1.165) is 12.0 Å². The minimum atomic E-state index is -1.05. The summed E-state index contributed by atoms with van der Waals surface area (Å²) in [5, 5.41) is 12.1. The first-order chi connectivity index (χ1) is 9.63. The van der Waals surface area contributed by atoms with Crippen LogP contribution in [0.3, 0.4) is 0 Å². The van der Waals surface area contributed by atoms with E-state index in [1.54, 1.807) is 0 Å². The van der Waals surface area contributed by atoms with Gasteiger partial charge in [0.15, 0.2) is 0 Å². The predicted molar refractivity (Wildman–Crippen MR) is 78.8 cm³/mol. The van der Waals surface area contributed by atoms with Crippen LogP contribution in [0.4, 0.5) is 11.5 Å². The van der Waals surface area contributed by atoms with Crippen LogP contribution in [-0.2, 0) is 13.0 Å². The fourth-order valence-corrected chi connectivity index (χ4v) is 2.05. The first kappa shape index (κ1) is 13.9. The monoisotopic (exact) mass is 271 g/mol. The molecule has 0 aliphatic carbocycles. The molecule has 0 aliphatic heterocycles. The van der Waals surface area contributed by atoms with Crippen LogP contribution in [0.25, 0.3) is 0 Å². The normalized spacial score (nSPS) is 10.2. The van der Waals surface area contributed by atoms with Gasteiger partial charge in [0.25, 0.3) is 0 Å². The summed E-state index contributed by atoms with van der Waals surface area (Å²) < 4.78 is 0. The molecule has 20 heavy (non-hydrogen) atoms.